The monoisotopic (exact) mass is 188 g/mol. The van der Waals surface area contributed by atoms with Crippen molar-refractivity contribution in [2.24, 2.45) is 5.73 Å². The van der Waals surface area contributed by atoms with Crippen LogP contribution in [0.25, 0.3) is 11.8 Å². The quantitative estimate of drug-likeness (QED) is 0.630. The summed E-state index contributed by atoms with van der Waals surface area (Å²) >= 11 is 0. The molecule has 0 aliphatic heterocycles. The van der Waals surface area contributed by atoms with Gasteiger partial charge in [-0.05, 0) is 36.1 Å². The highest BCUT2D eigenvalue weighted by molar-refractivity contribution is 5.58. The molecule has 0 bridgehead atoms. The van der Waals surface area contributed by atoms with Crippen LogP contribution in [0.15, 0.2) is 12.1 Å². The molecule has 2 nitrogen and oxygen atoms in total. The van der Waals surface area contributed by atoms with Gasteiger partial charge in [0.1, 0.15) is 0 Å². The van der Waals surface area contributed by atoms with Crippen molar-refractivity contribution >= 4 is 17.5 Å². The predicted molar refractivity (Wildman–Crippen MR) is 60.8 cm³/mol. The summed E-state index contributed by atoms with van der Waals surface area (Å²) in [5, 5.41) is 2.34. The lowest BCUT2D eigenvalue weighted by atomic mass is 9.98. The fraction of sp³-hybridized carbons (Fsp3) is 0.333. The van der Waals surface area contributed by atoms with Gasteiger partial charge in [-0.1, -0.05) is 19.1 Å². The first-order valence-electron chi connectivity index (χ1n) is 5.10. The van der Waals surface area contributed by atoms with Gasteiger partial charge in [-0.15, -0.1) is 0 Å². The van der Waals surface area contributed by atoms with Gasteiger partial charge in [-0.25, -0.2) is 0 Å². The van der Waals surface area contributed by atoms with Crippen molar-refractivity contribution in [1.82, 2.24) is 0 Å². The average molecular weight is 188 g/mol. The Bertz CT molecular complexity index is 472. The molecule has 0 aromatic heterocycles. The first kappa shape index (κ1) is 9.13. The van der Waals surface area contributed by atoms with E-state index in [0.29, 0.717) is 0 Å². The molecule has 14 heavy (non-hydrogen) atoms. The van der Waals surface area contributed by atoms with Gasteiger partial charge >= 0.3 is 0 Å². The fourth-order valence-corrected chi connectivity index (χ4v) is 2.08. The largest absolute Gasteiger partial charge is 0.401 e. The van der Waals surface area contributed by atoms with Crippen molar-refractivity contribution in [3.63, 3.8) is 0 Å². The van der Waals surface area contributed by atoms with Crippen molar-refractivity contribution in [2.45, 2.75) is 26.2 Å². The number of fused-ring (bicyclic) bond motifs is 1. The van der Waals surface area contributed by atoms with Crippen LogP contribution in [0.2, 0.25) is 0 Å². The molecule has 0 unspecified atom stereocenters. The Morgan fingerprint density at radius 1 is 1.29 bits per heavy atom. The van der Waals surface area contributed by atoms with E-state index in [4.69, 9.17) is 11.5 Å². The maximum Gasteiger partial charge on any atom is 0.0411 e. The molecule has 0 atom stereocenters. The zero-order valence-corrected chi connectivity index (χ0v) is 8.51. The van der Waals surface area contributed by atoms with Crippen LogP contribution in [0.1, 0.15) is 25.3 Å². The van der Waals surface area contributed by atoms with Gasteiger partial charge in [0, 0.05) is 16.6 Å². The molecule has 2 rings (SSSR count). The molecule has 0 fully saturated rings. The van der Waals surface area contributed by atoms with Crippen molar-refractivity contribution in [2.75, 3.05) is 5.73 Å². The molecule has 0 saturated heterocycles. The van der Waals surface area contributed by atoms with E-state index >= 15 is 0 Å². The Labute approximate surface area is 83.9 Å². The molecule has 1 aromatic carbocycles. The number of nitrogen functional groups attached to an aromatic ring is 1. The first-order valence-corrected chi connectivity index (χ1v) is 5.10. The highest BCUT2D eigenvalue weighted by atomic mass is 14.6. The van der Waals surface area contributed by atoms with Gasteiger partial charge in [0.2, 0.25) is 0 Å². The summed E-state index contributed by atoms with van der Waals surface area (Å²) in [5.41, 5.74) is 15.0. The first-order chi connectivity index (χ1) is 6.74. The molecule has 2 heteroatoms. The molecule has 1 aliphatic rings. The summed E-state index contributed by atoms with van der Waals surface area (Å²) in [6.07, 6.45) is 5.26. The van der Waals surface area contributed by atoms with Crippen molar-refractivity contribution < 1.29 is 0 Å². The van der Waals surface area contributed by atoms with Crippen LogP contribution >= 0.6 is 0 Å². The van der Waals surface area contributed by atoms with Crippen LogP contribution < -0.4 is 21.9 Å². The SMILES string of the molecule is CCc1ccc(N)c2c1=CCCC=2N. The summed E-state index contributed by atoms with van der Waals surface area (Å²) < 4.78 is 0. The van der Waals surface area contributed by atoms with Crippen molar-refractivity contribution in [1.29, 1.82) is 0 Å². The Morgan fingerprint density at radius 3 is 2.79 bits per heavy atom. The van der Waals surface area contributed by atoms with Gasteiger partial charge in [-0.2, -0.15) is 0 Å². The number of hydrogen-bond acceptors (Lipinski definition) is 2. The van der Waals surface area contributed by atoms with E-state index in [-0.39, 0.29) is 0 Å². The molecule has 1 aromatic rings. The standard InChI is InChI=1S/C12H16N2/c1-2-8-6-7-11(14)12-9(8)4-3-5-10(12)13/h4,6-7H,2-3,5,13-14H2,1H3. The van der Waals surface area contributed by atoms with E-state index < -0.39 is 0 Å². The van der Waals surface area contributed by atoms with Crippen molar-refractivity contribution in [3.8, 4) is 0 Å². The normalized spacial score (nSPS) is 14.8. The third-order valence-electron chi connectivity index (χ3n) is 2.83. The predicted octanol–water partition coefficient (Wildman–Crippen LogP) is 0.472. The molecule has 74 valence electrons. The Morgan fingerprint density at radius 2 is 2.07 bits per heavy atom. The molecular formula is C12H16N2. The number of anilines is 1. The zero-order chi connectivity index (χ0) is 10.1. The second-order valence-corrected chi connectivity index (χ2v) is 3.72. The van der Waals surface area contributed by atoms with Gasteiger partial charge in [0.15, 0.2) is 0 Å². The van der Waals surface area contributed by atoms with E-state index in [1.807, 2.05) is 6.07 Å². The Balaban J connectivity index is 2.91. The zero-order valence-electron chi connectivity index (χ0n) is 8.51. The maximum absolute atomic E-state index is 5.99. The number of nitrogens with two attached hydrogens (primary N) is 2. The van der Waals surface area contributed by atoms with Gasteiger partial charge in [0.05, 0.1) is 0 Å². The number of benzene rings is 1. The summed E-state index contributed by atoms with van der Waals surface area (Å²) in [6.45, 7) is 2.16. The third kappa shape index (κ3) is 1.27. The molecule has 0 heterocycles. The van der Waals surface area contributed by atoms with E-state index in [1.165, 1.54) is 10.8 Å². The van der Waals surface area contributed by atoms with Crippen molar-refractivity contribution in [3.05, 3.63) is 28.1 Å². The van der Waals surface area contributed by atoms with Crippen LogP contribution in [0.5, 0.6) is 0 Å². The second-order valence-electron chi connectivity index (χ2n) is 3.72. The lowest BCUT2D eigenvalue weighted by Gasteiger charge is -2.11. The molecule has 4 N–H and O–H groups in total. The third-order valence-corrected chi connectivity index (χ3v) is 2.83. The van der Waals surface area contributed by atoms with Crippen LogP contribution in [-0.4, -0.2) is 0 Å². The average Bonchev–Trinajstić information content (AvgIpc) is 2.18. The van der Waals surface area contributed by atoms with E-state index in [9.17, 15) is 0 Å². The Hall–Kier alpha value is -1.44. The van der Waals surface area contributed by atoms with Gasteiger partial charge in [-0.3, -0.25) is 0 Å². The fourth-order valence-electron chi connectivity index (χ4n) is 2.08. The molecule has 0 saturated carbocycles. The maximum atomic E-state index is 5.99. The van der Waals surface area contributed by atoms with Crippen LogP contribution in [0.3, 0.4) is 0 Å². The van der Waals surface area contributed by atoms with Gasteiger partial charge < -0.3 is 11.5 Å². The highest BCUT2D eigenvalue weighted by Crippen LogP contribution is 2.06. The highest BCUT2D eigenvalue weighted by Gasteiger charge is 2.06. The lowest BCUT2D eigenvalue weighted by Crippen LogP contribution is -2.37. The minimum Gasteiger partial charge on any atom is -0.401 e. The summed E-state index contributed by atoms with van der Waals surface area (Å²) in [5.74, 6) is 0. The topological polar surface area (TPSA) is 52.0 Å². The number of rotatable bonds is 1. The summed E-state index contributed by atoms with van der Waals surface area (Å²) in [6, 6.07) is 4.06. The van der Waals surface area contributed by atoms with Crippen LogP contribution in [-0.2, 0) is 6.42 Å². The molecule has 0 amide bonds. The van der Waals surface area contributed by atoms with Crippen LogP contribution in [0, 0.1) is 0 Å². The van der Waals surface area contributed by atoms with E-state index in [1.54, 1.807) is 0 Å². The molecular weight excluding hydrogens is 172 g/mol. The molecule has 1 aliphatic carbocycles. The number of aryl methyl sites for hydroxylation is 1. The van der Waals surface area contributed by atoms with E-state index in [0.717, 1.165) is 35.9 Å². The lowest BCUT2D eigenvalue weighted by molar-refractivity contribution is 1.03. The summed E-state index contributed by atoms with van der Waals surface area (Å²) in [4.78, 5) is 0. The summed E-state index contributed by atoms with van der Waals surface area (Å²) in [7, 11) is 0. The molecule has 0 spiro atoms. The minimum absolute atomic E-state index is 0.811. The second kappa shape index (κ2) is 3.37. The number of hydrogen-bond donors (Lipinski definition) is 2. The van der Waals surface area contributed by atoms with E-state index in [2.05, 4.69) is 19.1 Å². The van der Waals surface area contributed by atoms with Crippen LogP contribution in [0.4, 0.5) is 5.69 Å². The minimum atomic E-state index is 0.811. The van der Waals surface area contributed by atoms with Gasteiger partial charge in [0.25, 0.3) is 0 Å². The smallest absolute Gasteiger partial charge is 0.0411 e. The molecule has 0 radical (unpaired) electrons. The Kier molecular flexibility index (Phi) is 2.20.